The predicted octanol–water partition coefficient (Wildman–Crippen LogP) is 5.33. The summed E-state index contributed by atoms with van der Waals surface area (Å²) in [6, 6.07) is 16.6. The summed E-state index contributed by atoms with van der Waals surface area (Å²) in [6.45, 7) is 0. The molecule has 0 fully saturated rings. The van der Waals surface area contributed by atoms with E-state index >= 15 is 0 Å². The van der Waals surface area contributed by atoms with Gasteiger partial charge in [0.25, 0.3) is 5.24 Å². The lowest BCUT2D eigenvalue weighted by Gasteiger charge is -2.09. The summed E-state index contributed by atoms with van der Waals surface area (Å²) in [4.78, 5) is 17.8. The summed E-state index contributed by atoms with van der Waals surface area (Å²) >= 11 is 4.72. The van der Waals surface area contributed by atoms with E-state index in [4.69, 9.17) is 0 Å². The third kappa shape index (κ3) is 5.02. The molecule has 2 rings (SSSR count). The molecule has 1 amide bonds. The maximum Gasteiger partial charge on any atom is 0.285 e. The van der Waals surface area contributed by atoms with Gasteiger partial charge < -0.3 is 4.90 Å². The minimum absolute atomic E-state index is 0.0445. The molecule has 0 bridgehead atoms. The SMILES string of the molecule is CSc1ccc(Sc2ccc(SC(=O)N(C)C)cc2)cc1. The quantitative estimate of drug-likeness (QED) is 0.703. The summed E-state index contributed by atoms with van der Waals surface area (Å²) in [6.07, 6.45) is 2.08. The van der Waals surface area contributed by atoms with Crippen LogP contribution >= 0.6 is 35.3 Å². The number of hydrogen-bond donors (Lipinski definition) is 0. The maximum absolute atomic E-state index is 11.6. The molecule has 0 spiro atoms. The first kappa shape index (κ1) is 16.3. The Labute approximate surface area is 138 Å². The Bertz CT molecular complexity index is 594. The fourth-order valence-electron chi connectivity index (χ4n) is 1.55. The van der Waals surface area contributed by atoms with Crippen molar-refractivity contribution in [3.63, 3.8) is 0 Å². The van der Waals surface area contributed by atoms with Crippen LogP contribution < -0.4 is 0 Å². The topological polar surface area (TPSA) is 20.3 Å². The zero-order chi connectivity index (χ0) is 15.2. The molecule has 110 valence electrons. The van der Waals surface area contributed by atoms with E-state index < -0.39 is 0 Å². The van der Waals surface area contributed by atoms with Crippen molar-refractivity contribution in [2.24, 2.45) is 0 Å². The summed E-state index contributed by atoms with van der Waals surface area (Å²) in [7, 11) is 3.52. The second-order valence-electron chi connectivity index (χ2n) is 4.51. The molecule has 5 heteroatoms. The van der Waals surface area contributed by atoms with E-state index in [9.17, 15) is 4.79 Å². The summed E-state index contributed by atoms with van der Waals surface area (Å²) in [5.74, 6) is 0. The van der Waals surface area contributed by atoms with E-state index in [1.807, 2.05) is 12.1 Å². The third-order valence-corrected chi connectivity index (χ3v) is 5.50. The van der Waals surface area contributed by atoms with Crippen LogP contribution in [-0.4, -0.2) is 30.5 Å². The highest BCUT2D eigenvalue weighted by atomic mass is 32.2. The van der Waals surface area contributed by atoms with Crippen LogP contribution in [0, 0.1) is 0 Å². The lowest BCUT2D eigenvalue weighted by Crippen LogP contribution is -2.15. The maximum atomic E-state index is 11.6. The van der Waals surface area contributed by atoms with E-state index in [1.54, 1.807) is 42.5 Å². The standard InChI is InChI=1S/C16H17NOS3/c1-17(2)16(18)21-15-10-8-14(9-11-15)20-13-6-4-12(19-3)5-7-13/h4-11H,1-3H3. The average Bonchev–Trinajstić information content (AvgIpc) is 2.50. The first-order valence-corrected chi connectivity index (χ1v) is 9.25. The smallest absolute Gasteiger partial charge is 0.285 e. The average molecular weight is 336 g/mol. The molecular formula is C16H17NOS3. The Kier molecular flexibility index (Phi) is 6.08. The first-order chi connectivity index (χ1) is 10.1. The van der Waals surface area contributed by atoms with Crippen molar-refractivity contribution in [2.45, 2.75) is 19.6 Å². The molecule has 0 aliphatic carbocycles. The van der Waals surface area contributed by atoms with Gasteiger partial charge in [-0.2, -0.15) is 0 Å². The van der Waals surface area contributed by atoms with Crippen molar-refractivity contribution in [3.05, 3.63) is 48.5 Å². The van der Waals surface area contributed by atoms with Crippen molar-refractivity contribution in [3.8, 4) is 0 Å². The Hall–Kier alpha value is -1.04. The minimum atomic E-state index is 0.0445. The Morgan fingerprint density at radius 1 is 0.810 bits per heavy atom. The van der Waals surface area contributed by atoms with Crippen molar-refractivity contribution >= 4 is 40.5 Å². The van der Waals surface area contributed by atoms with Crippen LogP contribution in [0.25, 0.3) is 0 Å². The van der Waals surface area contributed by atoms with Gasteiger partial charge in [0.1, 0.15) is 0 Å². The Morgan fingerprint density at radius 2 is 1.24 bits per heavy atom. The molecule has 2 aromatic rings. The fourth-order valence-corrected chi connectivity index (χ4v) is 3.43. The Morgan fingerprint density at radius 3 is 1.67 bits per heavy atom. The highest BCUT2D eigenvalue weighted by Crippen LogP contribution is 2.31. The number of hydrogen-bond acceptors (Lipinski definition) is 4. The predicted molar refractivity (Wildman–Crippen MR) is 93.7 cm³/mol. The highest BCUT2D eigenvalue weighted by molar-refractivity contribution is 8.13. The number of thioether (sulfide) groups is 2. The van der Waals surface area contributed by atoms with Crippen LogP contribution in [0.15, 0.2) is 68.1 Å². The van der Waals surface area contributed by atoms with E-state index in [-0.39, 0.29) is 5.24 Å². The molecule has 0 saturated heterocycles. The van der Waals surface area contributed by atoms with Gasteiger partial charge >= 0.3 is 0 Å². The zero-order valence-electron chi connectivity index (χ0n) is 12.2. The minimum Gasteiger partial charge on any atom is -0.339 e. The fraction of sp³-hybridized carbons (Fsp3) is 0.188. The van der Waals surface area contributed by atoms with Gasteiger partial charge in [-0.25, -0.2) is 0 Å². The molecule has 0 N–H and O–H groups in total. The zero-order valence-corrected chi connectivity index (χ0v) is 14.6. The van der Waals surface area contributed by atoms with E-state index in [0.29, 0.717) is 0 Å². The lowest BCUT2D eigenvalue weighted by atomic mass is 10.4. The normalized spacial score (nSPS) is 10.4. The van der Waals surface area contributed by atoms with Crippen molar-refractivity contribution < 1.29 is 4.79 Å². The monoisotopic (exact) mass is 335 g/mol. The molecule has 0 heterocycles. The van der Waals surface area contributed by atoms with Crippen LogP contribution in [0.5, 0.6) is 0 Å². The van der Waals surface area contributed by atoms with Crippen molar-refractivity contribution in [2.75, 3.05) is 20.4 Å². The molecule has 0 aliphatic rings. The second kappa shape index (κ2) is 7.82. The molecule has 0 atom stereocenters. The molecule has 0 aliphatic heterocycles. The number of rotatable bonds is 4. The molecule has 0 radical (unpaired) electrons. The largest absolute Gasteiger partial charge is 0.339 e. The molecule has 0 unspecified atom stereocenters. The van der Waals surface area contributed by atoms with Crippen LogP contribution in [0.4, 0.5) is 4.79 Å². The number of nitrogens with zero attached hydrogens (tertiary/aromatic N) is 1. The first-order valence-electron chi connectivity index (χ1n) is 6.39. The summed E-state index contributed by atoms with van der Waals surface area (Å²) < 4.78 is 0. The van der Waals surface area contributed by atoms with Gasteiger partial charge in [0.15, 0.2) is 0 Å². The molecule has 2 nitrogen and oxygen atoms in total. The third-order valence-electron chi connectivity index (χ3n) is 2.69. The van der Waals surface area contributed by atoms with Crippen LogP contribution in [-0.2, 0) is 0 Å². The summed E-state index contributed by atoms with van der Waals surface area (Å²) in [5, 5.41) is 0.0445. The molecular weight excluding hydrogens is 318 g/mol. The van der Waals surface area contributed by atoms with E-state index in [1.165, 1.54) is 26.4 Å². The number of carbonyl (C=O) groups is 1. The number of amides is 1. The molecule has 0 aromatic heterocycles. The van der Waals surface area contributed by atoms with Crippen LogP contribution in [0.1, 0.15) is 0 Å². The van der Waals surface area contributed by atoms with Gasteiger partial charge in [0.2, 0.25) is 0 Å². The van der Waals surface area contributed by atoms with Gasteiger partial charge in [-0.3, -0.25) is 4.79 Å². The second-order valence-corrected chi connectivity index (χ2v) is 7.56. The van der Waals surface area contributed by atoms with E-state index in [2.05, 4.69) is 42.7 Å². The van der Waals surface area contributed by atoms with Gasteiger partial charge in [0, 0.05) is 33.7 Å². The highest BCUT2D eigenvalue weighted by Gasteiger charge is 2.06. The van der Waals surface area contributed by atoms with Crippen LogP contribution in [0.2, 0.25) is 0 Å². The van der Waals surface area contributed by atoms with Crippen molar-refractivity contribution in [1.82, 2.24) is 4.90 Å². The molecule has 0 saturated carbocycles. The van der Waals surface area contributed by atoms with Gasteiger partial charge in [0.05, 0.1) is 0 Å². The Balaban J connectivity index is 2.00. The lowest BCUT2D eigenvalue weighted by molar-refractivity contribution is 0.241. The van der Waals surface area contributed by atoms with E-state index in [0.717, 1.165) is 4.90 Å². The molecule has 2 aromatic carbocycles. The van der Waals surface area contributed by atoms with Gasteiger partial charge in [-0.1, -0.05) is 11.8 Å². The number of benzene rings is 2. The van der Waals surface area contributed by atoms with Crippen LogP contribution in [0.3, 0.4) is 0 Å². The van der Waals surface area contributed by atoms with Crippen molar-refractivity contribution in [1.29, 1.82) is 0 Å². The van der Waals surface area contributed by atoms with Gasteiger partial charge in [-0.15, -0.1) is 11.8 Å². The summed E-state index contributed by atoms with van der Waals surface area (Å²) in [5.41, 5.74) is 0. The molecule has 21 heavy (non-hydrogen) atoms. The number of carbonyl (C=O) groups excluding carboxylic acids is 1. The van der Waals surface area contributed by atoms with Gasteiger partial charge in [-0.05, 0) is 66.5 Å².